The summed E-state index contributed by atoms with van der Waals surface area (Å²) in [5.74, 6) is -1.60. The smallest absolute Gasteiger partial charge is 0.317 e. The van der Waals surface area contributed by atoms with Crippen molar-refractivity contribution in [2.75, 3.05) is 53.4 Å². The topological polar surface area (TPSA) is 84.3 Å². The van der Waals surface area contributed by atoms with Crippen molar-refractivity contribution in [3.05, 3.63) is 0 Å². The van der Waals surface area contributed by atoms with Gasteiger partial charge in [0.05, 0.1) is 6.54 Å². The normalized spacial score (nSPS) is 25.0. The first kappa shape index (κ1) is 17.9. The summed E-state index contributed by atoms with van der Waals surface area (Å²) in [4.78, 5) is 27.9. The zero-order chi connectivity index (χ0) is 16.0. The van der Waals surface area contributed by atoms with Crippen molar-refractivity contribution in [3.63, 3.8) is 0 Å². The van der Waals surface area contributed by atoms with Crippen LogP contribution in [0.1, 0.15) is 19.8 Å². The Morgan fingerprint density at radius 2 is 1.86 bits per heavy atom. The Balaban J connectivity index is 2.68. The van der Waals surface area contributed by atoms with Crippen molar-refractivity contribution >= 4 is 11.9 Å². The largest absolute Gasteiger partial charge is 0.481 e. The molecular formula is C14H27N3O4. The second-order valence-corrected chi connectivity index (χ2v) is 6.26. The molecule has 1 saturated heterocycles. The monoisotopic (exact) mass is 301 g/mol. The highest BCUT2D eigenvalue weighted by Crippen LogP contribution is 2.20. The standard InChI is InChI=1S/C14H27N3O4/c1-14(16(3)9-13(20)21)10-15(2)7-8-17(11-14)6-4-5-12(18)19/h4-11H2,1-3H3,(H,18,19)(H,20,21). The van der Waals surface area contributed by atoms with Gasteiger partial charge in [0.1, 0.15) is 0 Å². The molecule has 0 amide bonds. The zero-order valence-electron chi connectivity index (χ0n) is 13.2. The highest BCUT2D eigenvalue weighted by molar-refractivity contribution is 5.69. The Labute approximate surface area is 126 Å². The van der Waals surface area contributed by atoms with Gasteiger partial charge in [-0.2, -0.15) is 0 Å². The zero-order valence-corrected chi connectivity index (χ0v) is 13.2. The molecule has 0 bridgehead atoms. The van der Waals surface area contributed by atoms with Crippen molar-refractivity contribution in [1.82, 2.24) is 14.7 Å². The quantitative estimate of drug-likeness (QED) is 0.678. The maximum Gasteiger partial charge on any atom is 0.317 e. The Kier molecular flexibility index (Phi) is 6.57. The number of nitrogens with zero attached hydrogens (tertiary/aromatic N) is 3. The number of hydrogen-bond donors (Lipinski definition) is 2. The van der Waals surface area contributed by atoms with Gasteiger partial charge in [-0.3, -0.25) is 14.5 Å². The molecular weight excluding hydrogens is 274 g/mol. The molecule has 0 radical (unpaired) electrons. The third-order valence-corrected chi connectivity index (χ3v) is 4.13. The van der Waals surface area contributed by atoms with E-state index in [0.29, 0.717) is 6.42 Å². The van der Waals surface area contributed by atoms with Crippen LogP contribution in [0.15, 0.2) is 0 Å². The van der Waals surface area contributed by atoms with E-state index in [9.17, 15) is 9.59 Å². The van der Waals surface area contributed by atoms with Crippen LogP contribution in [0.4, 0.5) is 0 Å². The van der Waals surface area contributed by atoms with Gasteiger partial charge in [-0.15, -0.1) is 0 Å². The van der Waals surface area contributed by atoms with E-state index in [2.05, 4.69) is 16.7 Å². The molecule has 0 aromatic heterocycles. The molecule has 2 N–H and O–H groups in total. The molecule has 0 aromatic rings. The van der Waals surface area contributed by atoms with Gasteiger partial charge in [0, 0.05) is 38.1 Å². The highest BCUT2D eigenvalue weighted by atomic mass is 16.4. The molecule has 1 fully saturated rings. The fourth-order valence-corrected chi connectivity index (χ4v) is 2.86. The molecule has 1 atom stereocenters. The molecule has 0 aliphatic carbocycles. The van der Waals surface area contributed by atoms with Crippen LogP contribution in [0, 0.1) is 0 Å². The maximum absolute atomic E-state index is 11.0. The Morgan fingerprint density at radius 3 is 2.43 bits per heavy atom. The summed E-state index contributed by atoms with van der Waals surface area (Å²) in [5, 5.41) is 17.7. The van der Waals surface area contributed by atoms with Gasteiger partial charge in [-0.05, 0) is 34.0 Å². The van der Waals surface area contributed by atoms with Gasteiger partial charge in [-0.25, -0.2) is 0 Å². The molecule has 1 heterocycles. The molecule has 1 aliphatic heterocycles. The van der Waals surface area contributed by atoms with Crippen molar-refractivity contribution < 1.29 is 19.8 Å². The lowest BCUT2D eigenvalue weighted by atomic mass is 9.99. The Morgan fingerprint density at radius 1 is 1.19 bits per heavy atom. The van der Waals surface area contributed by atoms with Crippen molar-refractivity contribution in [2.45, 2.75) is 25.3 Å². The van der Waals surface area contributed by atoms with Gasteiger partial charge in [-0.1, -0.05) is 0 Å². The maximum atomic E-state index is 11.0. The number of hydrogen-bond acceptors (Lipinski definition) is 5. The average Bonchev–Trinajstić information content (AvgIpc) is 2.48. The van der Waals surface area contributed by atoms with Crippen molar-refractivity contribution in [3.8, 4) is 0 Å². The summed E-state index contributed by atoms with van der Waals surface area (Å²) in [5.41, 5.74) is -0.257. The second-order valence-electron chi connectivity index (χ2n) is 6.26. The molecule has 7 heteroatoms. The molecule has 21 heavy (non-hydrogen) atoms. The molecule has 1 unspecified atom stereocenters. The summed E-state index contributed by atoms with van der Waals surface area (Å²) in [6, 6.07) is 0. The summed E-state index contributed by atoms with van der Waals surface area (Å²) in [7, 11) is 3.87. The van der Waals surface area contributed by atoms with E-state index in [0.717, 1.165) is 32.7 Å². The van der Waals surface area contributed by atoms with E-state index in [-0.39, 0.29) is 18.5 Å². The lowest BCUT2D eigenvalue weighted by molar-refractivity contribution is -0.140. The van der Waals surface area contributed by atoms with Crippen molar-refractivity contribution in [2.24, 2.45) is 0 Å². The van der Waals surface area contributed by atoms with Gasteiger partial charge in [0.2, 0.25) is 0 Å². The van der Waals surface area contributed by atoms with Crippen LogP contribution in [0.2, 0.25) is 0 Å². The SMILES string of the molecule is CN1CCN(CCCC(=O)O)CC(C)(N(C)CC(=O)O)C1. The number of rotatable bonds is 7. The lowest BCUT2D eigenvalue weighted by Crippen LogP contribution is -2.56. The third kappa shape index (κ3) is 5.99. The molecule has 1 rings (SSSR count). The molecule has 7 nitrogen and oxygen atoms in total. The minimum absolute atomic E-state index is 0.00725. The van der Waals surface area contributed by atoms with Crippen LogP contribution in [0.5, 0.6) is 0 Å². The molecule has 122 valence electrons. The predicted molar refractivity (Wildman–Crippen MR) is 79.5 cm³/mol. The first-order valence-corrected chi connectivity index (χ1v) is 7.29. The predicted octanol–water partition coefficient (Wildman–Crippen LogP) is -0.126. The number of likely N-dealkylation sites (N-methyl/N-ethyl adjacent to an activating group) is 2. The fourth-order valence-electron chi connectivity index (χ4n) is 2.86. The average molecular weight is 301 g/mol. The molecule has 0 aromatic carbocycles. The Bertz CT molecular complexity index is 377. The van der Waals surface area contributed by atoms with E-state index in [1.54, 1.807) is 0 Å². The summed E-state index contributed by atoms with van der Waals surface area (Å²) < 4.78 is 0. The summed E-state index contributed by atoms with van der Waals surface area (Å²) >= 11 is 0. The van der Waals surface area contributed by atoms with E-state index in [1.165, 1.54) is 0 Å². The molecule has 0 saturated carbocycles. The third-order valence-electron chi connectivity index (χ3n) is 4.13. The first-order chi connectivity index (χ1) is 9.73. The highest BCUT2D eigenvalue weighted by Gasteiger charge is 2.35. The van der Waals surface area contributed by atoms with Crippen molar-refractivity contribution in [1.29, 1.82) is 0 Å². The fraction of sp³-hybridized carbons (Fsp3) is 0.857. The summed E-state index contributed by atoms with van der Waals surface area (Å²) in [6.45, 7) is 6.15. The van der Waals surface area contributed by atoms with Crippen LogP contribution < -0.4 is 0 Å². The lowest BCUT2D eigenvalue weighted by Gasteiger charge is -2.41. The van der Waals surface area contributed by atoms with Gasteiger partial charge in [0.25, 0.3) is 0 Å². The van der Waals surface area contributed by atoms with E-state index >= 15 is 0 Å². The van der Waals surface area contributed by atoms with E-state index < -0.39 is 11.9 Å². The van der Waals surface area contributed by atoms with E-state index in [1.807, 2.05) is 19.0 Å². The Hall–Kier alpha value is -1.18. The molecule has 0 spiro atoms. The van der Waals surface area contributed by atoms with Gasteiger partial charge >= 0.3 is 11.9 Å². The van der Waals surface area contributed by atoms with E-state index in [4.69, 9.17) is 10.2 Å². The minimum Gasteiger partial charge on any atom is -0.481 e. The number of carbonyl (C=O) groups is 2. The minimum atomic E-state index is -0.831. The van der Waals surface area contributed by atoms with Crippen LogP contribution in [-0.2, 0) is 9.59 Å². The van der Waals surface area contributed by atoms with Gasteiger partial charge < -0.3 is 20.0 Å². The van der Waals surface area contributed by atoms with Crippen LogP contribution >= 0.6 is 0 Å². The molecule has 1 aliphatic rings. The van der Waals surface area contributed by atoms with Crippen LogP contribution in [0.3, 0.4) is 0 Å². The number of carboxylic acids is 2. The number of carboxylic acid groups (broad SMARTS) is 2. The van der Waals surface area contributed by atoms with Crippen LogP contribution in [0.25, 0.3) is 0 Å². The van der Waals surface area contributed by atoms with Crippen LogP contribution in [-0.4, -0.2) is 95.8 Å². The summed E-state index contributed by atoms with van der Waals surface area (Å²) in [6.07, 6.45) is 0.797. The first-order valence-electron chi connectivity index (χ1n) is 7.29. The number of aliphatic carboxylic acids is 2. The second kappa shape index (κ2) is 7.72. The van der Waals surface area contributed by atoms with Gasteiger partial charge in [0.15, 0.2) is 0 Å².